The van der Waals surface area contributed by atoms with E-state index in [1.54, 1.807) is 7.11 Å². The first-order valence-corrected chi connectivity index (χ1v) is 7.96. The minimum absolute atomic E-state index is 0.249. The van der Waals surface area contributed by atoms with Gasteiger partial charge in [-0.2, -0.15) is 0 Å². The molecule has 0 unspecified atom stereocenters. The molecule has 2 atom stereocenters. The quantitative estimate of drug-likeness (QED) is 0.734. The molecule has 0 radical (unpaired) electrons. The van der Waals surface area contributed by atoms with Gasteiger partial charge in [0.05, 0.1) is 12.6 Å². The summed E-state index contributed by atoms with van der Waals surface area (Å²) in [6.07, 6.45) is 0. The Morgan fingerprint density at radius 2 is 1.36 bits per heavy atom. The van der Waals surface area contributed by atoms with Gasteiger partial charge < -0.3 is 4.74 Å². The fourth-order valence-electron chi connectivity index (χ4n) is 3.22. The van der Waals surface area contributed by atoms with Crippen LogP contribution in [0.3, 0.4) is 0 Å². The Morgan fingerprint density at radius 3 is 1.82 bits per heavy atom. The molecule has 0 saturated heterocycles. The minimum atomic E-state index is 0.249. The van der Waals surface area contributed by atoms with Crippen LogP contribution >= 0.6 is 0 Å². The van der Waals surface area contributed by atoms with E-state index in [2.05, 4.69) is 86.5 Å². The molecule has 0 spiro atoms. The topological polar surface area (TPSA) is 12.5 Å². The molecule has 0 aliphatic carbocycles. The molecule has 22 heavy (non-hydrogen) atoms. The van der Waals surface area contributed by atoms with E-state index in [9.17, 15) is 0 Å². The number of benzene rings is 2. The van der Waals surface area contributed by atoms with Crippen molar-refractivity contribution in [2.24, 2.45) is 5.92 Å². The average molecular weight is 297 g/mol. The maximum Gasteiger partial charge on any atom is 0.0659 e. The highest BCUT2D eigenvalue weighted by Gasteiger charge is 2.27. The maximum absolute atomic E-state index is 5.50. The summed E-state index contributed by atoms with van der Waals surface area (Å²) < 4.78 is 5.50. The molecule has 2 aromatic carbocycles. The summed E-state index contributed by atoms with van der Waals surface area (Å²) in [5.74, 6) is 0.524. The lowest BCUT2D eigenvalue weighted by molar-refractivity contribution is 0.0634. The van der Waals surface area contributed by atoms with E-state index in [1.807, 2.05) is 0 Å². The summed E-state index contributed by atoms with van der Waals surface area (Å²) in [6.45, 7) is 5.25. The normalized spacial score (nSPS) is 14.3. The smallest absolute Gasteiger partial charge is 0.0659 e. The predicted molar refractivity (Wildman–Crippen MR) is 92.8 cm³/mol. The Kier molecular flexibility index (Phi) is 6.17. The van der Waals surface area contributed by atoms with Gasteiger partial charge in [-0.15, -0.1) is 0 Å². The molecular weight excluding hydrogens is 270 g/mol. The van der Waals surface area contributed by atoms with Crippen molar-refractivity contribution in [3.63, 3.8) is 0 Å². The molecule has 0 saturated carbocycles. The van der Waals surface area contributed by atoms with E-state index in [4.69, 9.17) is 4.74 Å². The Balaban J connectivity index is 2.33. The van der Waals surface area contributed by atoms with Gasteiger partial charge in [0, 0.05) is 13.2 Å². The standard InChI is InChI=1S/C20H27NO/c1-16(2)20(18-13-9-6-10-14-18)21(3)19(15-22-4)17-11-7-5-8-12-17/h5-14,16,19-20H,15H2,1-4H3/t19-,20+/m0/s1. The van der Waals surface area contributed by atoms with Crippen LogP contribution in [0.25, 0.3) is 0 Å². The summed E-state index contributed by atoms with van der Waals surface area (Å²) in [4.78, 5) is 2.44. The van der Waals surface area contributed by atoms with Crippen LogP contribution in [0.1, 0.15) is 37.1 Å². The van der Waals surface area contributed by atoms with Crippen molar-refractivity contribution < 1.29 is 4.74 Å². The highest BCUT2D eigenvalue weighted by molar-refractivity contribution is 5.23. The van der Waals surface area contributed by atoms with Crippen LogP contribution in [-0.4, -0.2) is 25.7 Å². The van der Waals surface area contributed by atoms with Crippen molar-refractivity contribution in [2.45, 2.75) is 25.9 Å². The number of hydrogen-bond acceptors (Lipinski definition) is 2. The van der Waals surface area contributed by atoms with Gasteiger partial charge >= 0.3 is 0 Å². The molecule has 0 aliphatic heterocycles. The number of ether oxygens (including phenoxy) is 1. The first kappa shape index (κ1) is 16.7. The van der Waals surface area contributed by atoms with Crippen LogP contribution in [0.4, 0.5) is 0 Å². The number of rotatable bonds is 7. The predicted octanol–water partition coefficient (Wildman–Crippen LogP) is 4.70. The zero-order chi connectivity index (χ0) is 15.9. The lowest BCUT2D eigenvalue weighted by Crippen LogP contribution is -2.34. The molecular formula is C20H27NO. The third-order valence-corrected chi connectivity index (χ3v) is 4.21. The van der Waals surface area contributed by atoms with Gasteiger partial charge in [-0.25, -0.2) is 0 Å². The Labute approximate surface area is 134 Å². The van der Waals surface area contributed by atoms with Crippen molar-refractivity contribution in [2.75, 3.05) is 20.8 Å². The van der Waals surface area contributed by atoms with Gasteiger partial charge in [-0.3, -0.25) is 4.90 Å². The first-order valence-electron chi connectivity index (χ1n) is 7.96. The van der Waals surface area contributed by atoms with Crippen LogP contribution in [0, 0.1) is 5.92 Å². The number of methoxy groups -OCH3 is 1. The summed E-state index contributed by atoms with van der Waals surface area (Å²) >= 11 is 0. The summed E-state index contributed by atoms with van der Waals surface area (Å²) in [6, 6.07) is 22.0. The van der Waals surface area contributed by atoms with Crippen LogP contribution in [0.15, 0.2) is 60.7 Å². The monoisotopic (exact) mass is 297 g/mol. The van der Waals surface area contributed by atoms with E-state index >= 15 is 0 Å². The zero-order valence-corrected chi connectivity index (χ0v) is 14.1. The Hall–Kier alpha value is -1.64. The van der Waals surface area contributed by atoms with Crippen molar-refractivity contribution in [3.05, 3.63) is 71.8 Å². The van der Waals surface area contributed by atoms with Crippen molar-refractivity contribution in [1.82, 2.24) is 4.90 Å². The molecule has 0 aliphatic rings. The number of nitrogens with zero attached hydrogens (tertiary/aromatic N) is 1. The largest absolute Gasteiger partial charge is 0.383 e. The second kappa shape index (κ2) is 8.11. The molecule has 0 heterocycles. The molecule has 0 amide bonds. The van der Waals surface area contributed by atoms with Crippen LogP contribution in [0.2, 0.25) is 0 Å². The van der Waals surface area contributed by atoms with Gasteiger partial charge in [0.25, 0.3) is 0 Å². The molecule has 118 valence electrons. The SMILES string of the molecule is COC[C@@H](c1ccccc1)N(C)[C@@H](c1ccccc1)C(C)C. The lowest BCUT2D eigenvalue weighted by atomic mass is 9.92. The van der Waals surface area contributed by atoms with Gasteiger partial charge in [-0.05, 0) is 24.1 Å². The molecule has 2 aromatic rings. The number of likely N-dealkylation sites (N-methyl/N-ethyl adjacent to an activating group) is 1. The molecule has 0 aromatic heterocycles. The van der Waals surface area contributed by atoms with Crippen molar-refractivity contribution in [1.29, 1.82) is 0 Å². The van der Waals surface area contributed by atoms with Gasteiger partial charge in [-0.1, -0.05) is 74.5 Å². The highest BCUT2D eigenvalue weighted by Crippen LogP contribution is 2.34. The molecule has 2 heteroatoms. The second-order valence-electron chi connectivity index (χ2n) is 6.15. The molecule has 2 nitrogen and oxygen atoms in total. The average Bonchev–Trinajstić information content (AvgIpc) is 2.54. The van der Waals surface area contributed by atoms with E-state index in [0.29, 0.717) is 18.6 Å². The molecule has 2 rings (SSSR count). The van der Waals surface area contributed by atoms with Crippen molar-refractivity contribution >= 4 is 0 Å². The third kappa shape index (κ3) is 3.96. The van der Waals surface area contributed by atoms with E-state index in [0.717, 1.165) is 0 Å². The highest BCUT2D eigenvalue weighted by atomic mass is 16.5. The molecule has 0 fully saturated rings. The van der Waals surface area contributed by atoms with Crippen LogP contribution < -0.4 is 0 Å². The fraction of sp³-hybridized carbons (Fsp3) is 0.400. The molecule has 0 N–H and O–H groups in total. The van der Waals surface area contributed by atoms with Gasteiger partial charge in [0.1, 0.15) is 0 Å². The van der Waals surface area contributed by atoms with E-state index < -0.39 is 0 Å². The number of hydrogen-bond donors (Lipinski definition) is 0. The zero-order valence-electron chi connectivity index (χ0n) is 14.1. The van der Waals surface area contributed by atoms with Crippen LogP contribution in [-0.2, 0) is 4.74 Å². The van der Waals surface area contributed by atoms with E-state index in [1.165, 1.54) is 11.1 Å². The van der Waals surface area contributed by atoms with Gasteiger partial charge in [0.15, 0.2) is 0 Å². The summed E-state index contributed by atoms with van der Waals surface area (Å²) in [7, 11) is 3.98. The third-order valence-electron chi connectivity index (χ3n) is 4.21. The van der Waals surface area contributed by atoms with E-state index in [-0.39, 0.29) is 6.04 Å². The first-order chi connectivity index (χ1) is 10.6. The summed E-state index contributed by atoms with van der Waals surface area (Å²) in [5.41, 5.74) is 2.66. The fourth-order valence-corrected chi connectivity index (χ4v) is 3.22. The maximum atomic E-state index is 5.50. The summed E-state index contributed by atoms with van der Waals surface area (Å²) in [5, 5.41) is 0. The Bertz CT molecular complexity index is 538. The second-order valence-corrected chi connectivity index (χ2v) is 6.15. The van der Waals surface area contributed by atoms with Crippen LogP contribution in [0.5, 0.6) is 0 Å². The van der Waals surface area contributed by atoms with Gasteiger partial charge in [0.2, 0.25) is 0 Å². The Morgan fingerprint density at radius 1 is 0.864 bits per heavy atom. The lowest BCUT2D eigenvalue weighted by Gasteiger charge is -2.37. The molecule has 0 bridgehead atoms. The van der Waals surface area contributed by atoms with Crippen molar-refractivity contribution in [3.8, 4) is 0 Å². The minimum Gasteiger partial charge on any atom is -0.383 e.